The maximum Gasteiger partial charge on any atom is 0.480 e. The van der Waals surface area contributed by atoms with E-state index >= 15 is 0 Å². The smallest absolute Gasteiger partial charge is 0.455 e. The van der Waals surface area contributed by atoms with Gasteiger partial charge in [-0.3, -0.25) is 23.7 Å². The summed E-state index contributed by atoms with van der Waals surface area (Å²) in [7, 11) is -4.75. The van der Waals surface area contributed by atoms with Crippen molar-refractivity contribution in [3.8, 4) is 6.07 Å². The topological polar surface area (TPSA) is 239 Å². The summed E-state index contributed by atoms with van der Waals surface area (Å²) < 4.78 is 58.6. The molecule has 1 aliphatic rings. The Morgan fingerprint density at radius 2 is 1.43 bits per heavy atom. The van der Waals surface area contributed by atoms with Crippen molar-refractivity contribution >= 4 is 43.0 Å². The molecule has 3 rings (SSSR count). The molecule has 0 aliphatic carbocycles. The number of hydrogen-bond donors (Lipinski definition) is 1. The van der Waals surface area contributed by atoms with Crippen LogP contribution >= 0.6 is 7.82 Å². The van der Waals surface area contributed by atoms with Crippen molar-refractivity contribution in [1.29, 1.82) is 5.26 Å². The molecule has 49 heavy (non-hydrogen) atoms. The summed E-state index contributed by atoms with van der Waals surface area (Å²) in [6.07, 6.45) is -3.50. The summed E-state index contributed by atoms with van der Waals surface area (Å²) in [5.74, 6) is -5.26. The van der Waals surface area contributed by atoms with Crippen LogP contribution in [-0.4, -0.2) is 77.0 Å². The molecule has 0 saturated carbocycles. The lowest BCUT2D eigenvalue weighted by Gasteiger charge is -2.29. The molecule has 0 amide bonds. The quantitative estimate of drug-likeness (QED) is 0.114. The number of phosphoric ester groups is 1. The fourth-order valence-corrected chi connectivity index (χ4v) is 5.16. The van der Waals surface area contributed by atoms with Crippen molar-refractivity contribution in [2.24, 2.45) is 23.7 Å². The van der Waals surface area contributed by atoms with Gasteiger partial charge in [0, 0.05) is 0 Å². The summed E-state index contributed by atoms with van der Waals surface area (Å²) in [4.78, 5) is 53.9. The highest BCUT2D eigenvalue weighted by Gasteiger charge is 2.63. The molecule has 18 nitrogen and oxygen atoms in total. The molecule has 0 spiro atoms. The van der Waals surface area contributed by atoms with E-state index in [2.05, 4.69) is 10.1 Å². The summed E-state index contributed by atoms with van der Waals surface area (Å²) in [5, 5.41) is 14.9. The van der Waals surface area contributed by atoms with E-state index in [-0.39, 0.29) is 11.5 Å². The van der Waals surface area contributed by atoms with Gasteiger partial charge in [-0.2, -0.15) is 10.4 Å². The van der Waals surface area contributed by atoms with Gasteiger partial charge in [0.2, 0.25) is 19.2 Å². The van der Waals surface area contributed by atoms with Crippen molar-refractivity contribution in [3.05, 3.63) is 24.2 Å². The van der Waals surface area contributed by atoms with Gasteiger partial charge in [0.1, 0.15) is 24.0 Å². The van der Waals surface area contributed by atoms with Crippen LogP contribution in [-0.2, 0) is 66.6 Å². The van der Waals surface area contributed by atoms with E-state index in [0.29, 0.717) is 5.52 Å². The maximum absolute atomic E-state index is 13.7. The van der Waals surface area contributed by atoms with Crippen LogP contribution in [0.2, 0.25) is 0 Å². The van der Waals surface area contributed by atoms with E-state index in [1.807, 2.05) is 6.07 Å². The minimum atomic E-state index is -4.75. The Hall–Kier alpha value is -4.14. The Kier molecular flexibility index (Phi) is 13.2. The molecule has 0 bridgehead atoms. The number of esters is 4. The van der Waals surface area contributed by atoms with Gasteiger partial charge in [0.05, 0.1) is 36.0 Å². The fourth-order valence-electron chi connectivity index (χ4n) is 4.24. The Bertz CT molecular complexity index is 1570. The Morgan fingerprint density at radius 1 is 0.898 bits per heavy atom. The number of nitrogen functional groups attached to an aromatic ring is 1. The fraction of sp³-hybridized carbons (Fsp3) is 0.633. The number of nitrogens with two attached hydrogens (primary N) is 1. The van der Waals surface area contributed by atoms with Crippen LogP contribution in [0.4, 0.5) is 5.82 Å². The highest BCUT2D eigenvalue weighted by molar-refractivity contribution is 7.48. The summed E-state index contributed by atoms with van der Waals surface area (Å²) in [5.41, 5.74) is 4.13. The number of carbonyl (C=O) groups excluding carboxylic acids is 4. The monoisotopic (exact) mass is 711 g/mol. The molecule has 0 aromatic carbocycles. The lowest BCUT2D eigenvalue weighted by atomic mass is 9.92. The van der Waals surface area contributed by atoms with Crippen molar-refractivity contribution in [2.75, 3.05) is 25.9 Å². The van der Waals surface area contributed by atoms with Crippen LogP contribution in [0.1, 0.15) is 61.1 Å². The van der Waals surface area contributed by atoms with E-state index in [1.54, 1.807) is 55.4 Å². The number of ether oxygens (including phenoxy) is 5. The normalized spacial score (nSPS) is 20.9. The van der Waals surface area contributed by atoms with Gasteiger partial charge in [0.25, 0.3) is 0 Å². The maximum atomic E-state index is 13.7. The first-order valence-corrected chi connectivity index (χ1v) is 16.9. The molecule has 0 unspecified atom stereocenters. The first-order valence-electron chi connectivity index (χ1n) is 15.4. The van der Waals surface area contributed by atoms with E-state index in [0.717, 1.165) is 6.33 Å². The predicted octanol–water partition coefficient (Wildman–Crippen LogP) is 3.04. The average Bonchev–Trinajstić information content (AvgIpc) is 3.60. The molecule has 2 aromatic rings. The van der Waals surface area contributed by atoms with Crippen molar-refractivity contribution < 1.29 is 61.0 Å². The summed E-state index contributed by atoms with van der Waals surface area (Å²) in [6, 6.07) is 5.01. The van der Waals surface area contributed by atoms with Gasteiger partial charge in [-0.15, -0.1) is 0 Å². The molecule has 19 heteroatoms. The van der Waals surface area contributed by atoms with Crippen molar-refractivity contribution in [2.45, 2.75) is 79.3 Å². The summed E-state index contributed by atoms with van der Waals surface area (Å²) in [6.45, 7) is 9.97. The third-order valence-corrected chi connectivity index (χ3v) is 8.34. The predicted molar refractivity (Wildman–Crippen MR) is 166 cm³/mol. The Labute approximate surface area is 283 Å². The standard InChI is InChI=1S/C30H42N5O13P/c1-16(2)26(36)41-14-44-49(40,45-15-42-27(37)17(3)4)43-11-21-23(46-28(38)18(5)6)24(47-29(39)19(7)8)30(12-31,48-21)22-10-9-20-25(32)33-13-34-35(20)22/h9-10,13,16-19,21,23-24H,11,14-15H2,1-8H3,(H2,32,33,34)/t21-,23-,24-,30+/m1/s1. The van der Waals surface area contributed by atoms with E-state index in [1.165, 1.54) is 16.6 Å². The van der Waals surface area contributed by atoms with Crippen LogP contribution in [0.3, 0.4) is 0 Å². The number of carbonyl (C=O) groups is 4. The van der Waals surface area contributed by atoms with Gasteiger partial charge in [0.15, 0.2) is 18.0 Å². The molecule has 2 N–H and O–H groups in total. The summed E-state index contributed by atoms with van der Waals surface area (Å²) >= 11 is 0. The minimum absolute atomic E-state index is 0.0330. The lowest BCUT2D eigenvalue weighted by molar-refractivity contribution is -0.173. The zero-order valence-corrected chi connectivity index (χ0v) is 29.4. The molecule has 3 heterocycles. The molecule has 0 radical (unpaired) electrons. The molecule has 1 saturated heterocycles. The van der Waals surface area contributed by atoms with Crippen molar-refractivity contribution in [3.63, 3.8) is 0 Å². The zero-order valence-electron chi connectivity index (χ0n) is 28.5. The molecule has 1 fully saturated rings. The van der Waals surface area contributed by atoms with Crippen molar-refractivity contribution in [1.82, 2.24) is 14.6 Å². The molecule has 4 atom stereocenters. The zero-order chi connectivity index (χ0) is 36.7. The number of nitrogens with zero attached hydrogens (tertiary/aromatic N) is 4. The first kappa shape index (κ1) is 39.3. The largest absolute Gasteiger partial charge is 0.480 e. The number of aromatic nitrogens is 3. The number of phosphoric acid groups is 1. The minimum Gasteiger partial charge on any atom is -0.455 e. The second kappa shape index (κ2) is 16.5. The molecule has 2 aromatic heterocycles. The molecule has 1 aliphatic heterocycles. The van der Waals surface area contributed by atoms with Gasteiger partial charge in [-0.1, -0.05) is 55.4 Å². The second-order valence-electron chi connectivity index (χ2n) is 12.2. The van der Waals surface area contributed by atoms with Gasteiger partial charge >= 0.3 is 31.7 Å². The van der Waals surface area contributed by atoms with E-state index < -0.39 is 99.5 Å². The van der Waals surface area contributed by atoms with Crippen LogP contribution in [0.5, 0.6) is 0 Å². The van der Waals surface area contributed by atoms with Crippen LogP contribution in [0.25, 0.3) is 5.52 Å². The van der Waals surface area contributed by atoms with E-state index in [9.17, 15) is 29.0 Å². The number of hydrogen-bond acceptors (Lipinski definition) is 17. The number of fused-ring (bicyclic) bond motifs is 1. The van der Waals surface area contributed by atoms with Gasteiger partial charge in [-0.05, 0) is 12.1 Å². The van der Waals surface area contributed by atoms with Crippen LogP contribution in [0.15, 0.2) is 18.5 Å². The Morgan fingerprint density at radius 3 is 1.94 bits per heavy atom. The highest BCUT2D eigenvalue weighted by Crippen LogP contribution is 2.51. The highest BCUT2D eigenvalue weighted by atomic mass is 31.2. The van der Waals surface area contributed by atoms with Gasteiger partial charge < -0.3 is 29.4 Å². The SMILES string of the molecule is CC(C)C(=O)OCOP(=O)(OCOC(=O)C(C)C)OC[C@H]1O[C@@](C#N)(c2ccc3c(N)ncnn23)[C@H](OC(=O)C(C)C)[C@@H]1OC(=O)C(C)C. The van der Waals surface area contributed by atoms with Gasteiger partial charge in [-0.25, -0.2) is 23.1 Å². The van der Waals surface area contributed by atoms with E-state index in [4.69, 9.17) is 43.0 Å². The second-order valence-corrected chi connectivity index (χ2v) is 13.9. The Balaban J connectivity index is 2.05. The first-order chi connectivity index (χ1) is 23.0. The third kappa shape index (κ3) is 9.31. The van der Waals surface area contributed by atoms with Crippen LogP contribution < -0.4 is 5.73 Å². The molecular weight excluding hydrogens is 669 g/mol. The molecule has 270 valence electrons. The number of anilines is 1. The lowest BCUT2D eigenvalue weighted by Crippen LogP contribution is -2.47. The number of nitriles is 1. The average molecular weight is 712 g/mol. The third-order valence-electron chi connectivity index (χ3n) is 7.03. The number of rotatable bonds is 16. The molecular formula is C30H42N5O13P. The van der Waals surface area contributed by atoms with Crippen LogP contribution in [0, 0.1) is 35.0 Å².